The molecular formula is C26H52O4. The largest absolute Gasteiger partial charge is 0.396 e. The Morgan fingerprint density at radius 3 is 1.37 bits per heavy atom. The van der Waals surface area contributed by atoms with Gasteiger partial charge in [-0.15, -0.1) is 0 Å². The Bertz CT molecular complexity index is 330. The van der Waals surface area contributed by atoms with Gasteiger partial charge in [0.25, 0.3) is 0 Å². The molecule has 2 aliphatic rings. The molecule has 0 aromatic carbocycles. The third-order valence-corrected chi connectivity index (χ3v) is 6.10. The van der Waals surface area contributed by atoms with Crippen molar-refractivity contribution in [2.75, 3.05) is 33.0 Å². The minimum atomic E-state index is 0.392. The lowest BCUT2D eigenvalue weighted by Crippen LogP contribution is -2.06. The molecule has 0 bridgehead atoms. The van der Waals surface area contributed by atoms with Crippen LogP contribution in [0, 0.1) is 5.92 Å². The lowest BCUT2D eigenvalue weighted by atomic mass is 9.95. The molecule has 0 spiro atoms. The molecule has 30 heavy (non-hydrogen) atoms. The van der Waals surface area contributed by atoms with Crippen molar-refractivity contribution in [3.8, 4) is 0 Å². The maximum absolute atomic E-state index is 9.47. The molecular weight excluding hydrogens is 376 g/mol. The predicted octanol–water partition coefficient (Wildman–Crippen LogP) is 6.68. The van der Waals surface area contributed by atoms with Gasteiger partial charge in [0, 0.05) is 6.61 Å². The van der Waals surface area contributed by atoms with Gasteiger partial charge >= 0.3 is 0 Å². The van der Waals surface area contributed by atoms with Crippen LogP contribution in [0.1, 0.15) is 117 Å². The predicted molar refractivity (Wildman–Crippen MR) is 126 cm³/mol. The molecule has 2 saturated heterocycles. The van der Waals surface area contributed by atoms with Gasteiger partial charge in [-0.05, 0) is 18.8 Å². The van der Waals surface area contributed by atoms with Crippen molar-refractivity contribution in [3.63, 3.8) is 0 Å². The Balaban J connectivity index is 0.000000405. The van der Waals surface area contributed by atoms with Crippen LogP contribution in [-0.4, -0.2) is 50.3 Å². The summed E-state index contributed by atoms with van der Waals surface area (Å²) in [6.07, 6.45) is 22.6. The van der Waals surface area contributed by atoms with Crippen molar-refractivity contribution in [1.82, 2.24) is 0 Å². The minimum Gasteiger partial charge on any atom is -0.396 e. The molecule has 2 aliphatic heterocycles. The van der Waals surface area contributed by atoms with E-state index in [-0.39, 0.29) is 0 Å². The third kappa shape index (κ3) is 19.8. The number of hydrogen-bond acceptors (Lipinski definition) is 4. The summed E-state index contributed by atoms with van der Waals surface area (Å²) in [6, 6.07) is 0. The summed E-state index contributed by atoms with van der Waals surface area (Å²) < 4.78 is 15.1. The zero-order chi connectivity index (χ0) is 21.7. The zero-order valence-electron chi connectivity index (χ0n) is 20.3. The molecule has 0 aliphatic carbocycles. The lowest BCUT2D eigenvalue weighted by Gasteiger charge is -2.13. The normalized spacial score (nSPS) is 20.5. The van der Waals surface area contributed by atoms with E-state index in [2.05, 4.69) is 13.8 Å². The smallest absolute Gasteiger partial charge is 0.104 e. The quantitative estimate of drug-likeness (QED) is 0.164. The van der Waals surface area contributed by atoms with E-state index in [1.807, 2.05) is 0 Å². The molecule has 0 aromatic heterocycles. The Morgan fingerprint density at radius 1 is 0.667 bits per heavy atom. The molecule has 4 nitrogen and oxygen atoms in total. The monoisotopic (exact) mass is 428 g/mol. The second-order valence-corrected chi connectivity index (χ2v) is 9.32. The fourth-order valence-corrected chi connectivity index (χ4v) is 3.77. The summed E-state index contributed by atoms with van der Waals surface area (Å²) in [7, 11) is 0. The fraction of sp³-hybridized carbons (Fsp3) is 1.00. The first kappa shape index (κ1) is 27.9. The molecule has 0 radical (unpaired) electrons. The van der Waals surface area contributed by atoms with Gasteiger partial charge < -0.3 is 19.3 Å². The van der Waals surface area contributed by atoms with Crippen LogP contribution < -0.4 is 0 Å². The fourth-order valence-electron chi connectivity index (χ4n) is 3.77. The highest BCUT2D eigenvalue weighted by atomic mass is 16.6. The Labute approximate surface area is 187 Å². The van der Waals surface area contributed by atoms with Crippen molar-refractivity contribution >= 4 is 0 Å². The third-order valence-electron chi connectivity index (χ3n) is 6.10. The maximum Gasteiger partial charge on any atom is 0.104 e. The average molecular weight is 429 g/mol. The molecule has 180 valence electrons. The standard InChI is InChI=1S/C20H42O.C6H10O3/c1-3-5-7-9-11-12-14-16-18-20(19-21)17-15-13-10-8-6-4-2;1(5-3-8-5)7-2-6-4-9-6/h20-21H,3-19H2,1-2H3;5-6H,1-4H2. The topological polar surface area (TPSA) is 54.5 Å². The second-order valence-electron chi connectivity index (χ2n) is 9.32. The van der Waals surface area contributed by atoms with Gasteiger partial charge in [-0.2, -0.15) is 0 Å². The number of epoxide rings is 2. The highest BCUT2D eigenvalue weighted by Gasteiger charge is 2.26. The lowest BCUT2D eigenvalue weighted by molar-refractivity contribution is 0.102. The molecule has 2 rings (SSSR count). The molecule has 0 amide bonds. The van der Waals surface area contributed by atoms with Crippen LogP contribution in [0.3, 0.4) is 0 Å². The van der Waals surface area contributed by atoms with Crippen LogP contribution in [-0.2, 0) is 14.2 Å². The van der Waals surface area contributed by atoms with E-state index in [1.54, 1.807) is 0 Å². The summed E-state index contributed by atoms with van der Waals surface area (Å²) in [5.74, 6) is 0.580. The van der Waals surface area contributed by atoms with E-state index < -0.39 is 0 Å². The Kier molecular flexibility index (Phi) is 19.3. The second kappa shape index (κ2) is 20.7. The highest BCUT2D eigenvalue weighted by Crippen LogP contribution is 2.19. The highest BCUT2D eigenvalue weighted by molar-refractivity contribution is 4.71. The molecule has 3 unspecified atom stereocenters. The first-order valence-electron chi connectivity index (χ1n) is 13.2. The van der Waals surface area contributed by atoms with Gasteiger partial charge in [0.05, 0.1) is 26.4 Å². The first-order valence-corrected chi connectivity index (χ1v) is 13.2. The van der Waals surface area contributed by atoms with Crippen LogP contribution in [0.4, 0.5) is 0 Å². The summed E-state index contributed by atoms with van der Waals surface area (Å²) in [6.45, 7) is 8.21. The Hall–Kier alpha value is -0.160. The summed E-state index contributed by atoms with van der Waals surface area (Å²) in [5.41, 5.74) is 0. The van der Waals surface area contributed by atoms with Crippen LogP contribution >= 0.6 is 0 Å². The van der Waals surface area contributed by atoms with Gasteiger partial charge in [-0.3, -0.25) is 0 Å². The molecule has 1 N–H and O–H groups in total. The van der Waals surface area contributed by atoms with Crippen molar-refractivity contribution < 1.29 is 19.3 Å². The molecule has 0 aromatic rings. The number of rotatable bonds is 21. The molecule has 2 heterocycles. The van der Waals surface area contributed by atoms with Crippen LogP contribution in [0.2, 0.25) is 0 Å². The van der Waals surface area contributed by atoms with Crippen molar-refractivity contribution in [1.29, 1.82) is 0 Å². The number of aliphatic hydroxyl groups excluding tert-OH is 1. The van der Waals surface area contributed by atoms with E-state index >= 15 is 0 Å². The average Bonchev–Trinajstić information content (AvgIpc) is 3.67. The van der Waals surface area contributed by atoms with Crippen LogP contribution in [0.15, 0.2) is 0 Å². The SMILES string of the molecule is C(OCC1CO1)C1CO1.CCCCCCCCCCC(CO)CCCCCCCC. The van der Waals surface area contributed by atoms with Crippen molar-refractivity contribution in [2.45, 2.75) is 129 Å². The summed E-state index contributed by atoms with van der Waals surface area (Å²) >= 11 is 0. The molecule has 4 heteroatoms. The van der Waals surface area contributed by atoms with E-state index in [4.69, 9.17) is 14.2 Å². The first-order chi connectivity index (χ1) is 14.8. The Morgan fingerprint density at radius 2 is 1.03 bits per heavy atom. The number of unbranched alkanes of at least 4 members (excludes halogenated alkanes) is 12. The summed E-state index contributed by atoms with van der Waals surface area (Å²) in [4.78, 5) is 0. The van der Waals surface area contributed by atoms with E-state index in [9.17, 15) is 5.11 Å². The van der Waals surface area contributed by atoms with E-state index in [0.29, 0.717) is 24.7 Å². The molecule has 0 saturated carbocycles. The van der Waals surface area contributed by atoms with E-state index in [1.165, 1.54) is 103 Å². The van der Waals surface area contributed by atoms with E-state index in [0.717, 1.165) is 26.4 Å². The van der Waals surface area contributed by atoms with Crippen LogP contribution in [0.5, 0.6) is 0 Å². The maximum atomic E-state index is 9.47. The van der Waals surface area contributed by atoms with Gasteiger partial charge in [0.2, 0.25) is 0 Å². The van der Waals surface area contributed by atoms with Crippen LogP contribution in [0.25, 0.3) is 0 Å². The van der Waals surface area contributed by atoms with Crippen molar-refractivity contribution in [3.05, 3.63) is 0 Å². The number of ether oxygens (including phenoxy) is 3. The number of hydrogen-bond donors (Lipinski definition) is 1. The zero-order valence-corrected chi connectivity index (χ0v) is 20.3. The van der Waals surface area contributed by atoms with Crippen molar-refractivity contribution in [2.24, 2.45) is 5.92 Å². The van der Waals surface area contributed by atoms with Gasteiger partial charge in [0.15, 0.2) is 0 Å². The molecule has 3 atom stereocenters. The molecule has 2 fully saturated rings. The van der Waals surface area contributed by atoms with Gasteiger partial charge in [0.1, 0.15) is 12.2 Å². The summed E-state index contributed by atoms with van der Waals surface area (Å²) in [5, 5.41) is 9.47. The number of aliphatic hydroxyl groups is 1. The minimum absolute atomic E-state index is 0.392. The van der Waals surface area contributed by atoms with Gasteiger partial charge in [-0.25, -0.2) is 0 Å². The van der Waals surface area contributed by atoms with Gasteiger partial charge in [-0.1, -0.05) is 104 Å².